The number of halogens is 1. The Kier molecular flexibility index (Phi) is 5.02. The SMILES string of the molecule is Cc1noc(C)c1CCC(=O)N(C)Cc1ccc(Cl)cc1. The number of benzene rings is 1. The lowest BCUT2D eigenvalue weighted by molar-refractivity contribution is -0.130. The van der Waals surface area contributed by atoms with Gasteiger partial charge in [0.1, 0.15) is 5.76 Å². The molecule has 1 aromatic heterocycles. The summed E-state index contributed by atoms with van der Waals surface area (Å²) >= 11 is 5.85. The van der Waals surface area contributed by atoms with Crippen molar-refractivity contribution < 1.29 is 9.32 Å². The fraction of sp³-hybridized carbons (Fsp3) is 0.375. The maximum Gasteiger partial charge on any atom is 0.222 e. The second kappa shape index (κ2) is 6.76. The second-order valence-electron chi connectivity index (χ2n) is 5.18. The van der Waals surface area contributed by atoms with E-state index in [1.54, 1.807) is 4.90 Å². The summed E-state index contributed by atoms with van der Waals surface area (Å²) in [4.78, 5) is 13.9. The zero-order chi connectivity index (χ0) is 15.4. The van der Waals surface area contributed by atoms with Crippen LogP contribution in [0.5, 0.6) is 0 Å². The molecule has 0 aliphatic heterocycles. The summed E-state index contributed by atoms with van der Waals surface area (Å²) in [7, 11) is 1.81. The summed E-state index contributed by atoms with van der Waals surface area (Å²) in [5.74, 6) is 0.894. The molecule has 2 aromatic rings. The Morgan fingerprint density at radius 2 is 1.95 bits per heavy atom. The molecule has 21 heavy (non-hydrogen) atoms. The van der Waals surface area contributed by atoms with Crippen LogP contribution in [0.1, 0.15) is 29.0 Å². The average Bonchev–Trinajstić information content (AvgIpc) is 2.78. The molecule has 1 aromatic carbocycles. The summed E-state index contributed by atoms with van der Waals surface area (Å²) in [6.07, 6.45) is 1.11. The van der Waals surface area contributed by atoms with E-state index in [0.717, 1.165) is 22.6 Å². The van der Waals surface area contributed by atoms with Gasteiger partial charge in [0.25, 0.3) is 0 Å². The third-order valence-corrected chi connectivity index (χ3v) is 3.78. The first-order chi connectivity index (χ1) is 9.97. The highest BCUT2D eigenvalue weighted by molar-refractivity contribution is 6.30. The van der Waals surface area contributed by atoms with Gasteiger partial charge in [-0.1, -0.05) is 28.9 Å². The lowest BCUT2D eigenvalue weighted by Gasteiger charge is -2.17. The molecule has 0 N–H and O–H groups in total. The molecule has 0 bridgehead atoms. The van der Waals surface area contributed by atoms with E-state index >= 15 is 0 Å². The molecule has 4 nitrogen and oxygen atoms in total. The van der Waals surface area contributed by atoms with Crippen molar-refractivity contribution in [1.29, 1.82) is 0 Å². The zero-order valence-electron chi connectivity index (χ0n) is 12.5. The first-order valence-corrected chi connectivity index (χ1v) is 7.25. The standard InChI is InChI=1S/C16H19ClN2O2/c1-11-15(12(2)21-18-11)8-9-16(20)19(3)10-13-4-6-14(17)7-5-13/h4-7H,8-10H2,1-3H3. The van der Waals surface area contributed by atoms with E-state index in [0.29, 0.717) is 24.4 Å². The van der Waals surface area contributed by atoms with Crippen LogP contribution in [0.25, 0.3) is 0 Å². The Balaban J connectivity index is 1.89. The van der Waals surface area contributed by atoms with Gasteiger partial charge in [-0.05, 0) is 38.0 Å². The van der Waals surface area contributed by atoms with Gasteiger partial charge in [0.15, 0.2) is 0 Å². The number of carbonyl (C=O) groups excluding carboxylic acids is 1. The van der Waals surface area contributed by atoms with Gasteiger partial charge in [-0.2, -0.15) is 0 Å². The van der Waals surface area contributed by atoms with Gasteiger partial charge in [0.2, 0.25) is 5.91 Å². The van der Waals surface area contributed by atoms with Crippen LogP contribution in [0.3, 0.4) is 0 Å². The van der Waals surface area contributed by atoms with Crippen molar-refractivity contribution in [3.8, 4) is 0 Å². The minimum absolute atomic E-state index is 0.102. The van der Waals surface area contributed by atoms with Crippen molar-refractivity contribution in [3.05, 3.63) is 51.9 Å². The van der Waals surface area contributed by atoms with Crippen LogP contribution in [-0.4, -0.2) is 23.0 Å². The molecule has 0 aliphatic carbocycles. The zero-order valence-corrected chi connectivity index (χ0v) is 13.3. The smallest absolute Gasteiger partial charge is 0.222 e. The molecule has 0 atom stereocenters. The van der Waals surface area contributed by atoms with E-state index in [2.05, 4.69) is 5.16 Å². The molecule has 0 radical (unpaired) electrons. The lowest BCUT2D eigenvalue weighted by atomic mass is 10.1. The minimum Gasteiger partial charge on any atom is -0.361 e. The van der Waals surface area contributed by atoms with Crippen LogP contribution in [-0.2, 0) is 17.8 Å². The fourth-order valence-electron chi connectivity index (χ4n) is 2.23. The molecule has 0 saturated carbocycles. The molecule has 0 saturated heterocycles. The van der Waals surface area contributed by atoms with Gasteiger partial charge in [-0.3, -0.25) is 4.79 Å². The molecule has 0 unspecified atom stereocenters. The molecule has 112 valence electrons. The van der Waals surface area contributed by atoms with Crippen LogP contribution in [0.4, 0.5) is 0 Å². The van der Waals surface area contributed by atoms with Crippen molar-refractivity contribution in [2.75, 3.05) is 7.05 Å². The van der Waals surface area contributed by atoms with Gasteiger partial charge in [0, 0.05) is 30.6 Å². The molecule has 5 heteroatoms. The van der Waals surface area contributed by atoms with Crippen LogP contribution in [0.2, 0.25) is 5.02 Å². The van der Waals surface area contributed by atoms with Crippen LogP contribution in [0.15, 0.2) is 28.8 Å². The largest absolute Gasteiger partial charge is 0.361 e. The van der Waals surface area contributed by atoms with E-state index in [9.17, 15) is 4.79 Å². The lowest BCUT2D eigenvalue weighted by Crippen LogP contribution is -2.26. The average molecular weight is 307 g/mol. The van der Waals surface area contributed by atoms with E-state index < -0.39 is 0 Å². The van der Waals surface area contributed by atoms with Gasteiger partial charge in [0.05, 0.1) is 5.69 Å². The number of aromatic nitrogens is 1. The van der Waals surface area contributed by atoms with Gasteiger partial charge in [-0.25, -0.2) is 0 Å². The summed E-state index contributed by atoms with van der Waals surface area (Å²) in [6, 6.07) is 7.53. The normalized spacial score (nSPS) is 10.7. The van der Waals surface area contributed by atoms with Gasteiger partial charge < -0.3 is 9.42 Å². The van der Waals surface area contributed by atoms with Crippen molar-refractivity contribution in [1.82, 2.24) is 10.1 Å². The van der Waals surface area contributed by atoms with Crippen molar-refractivity contribution >= 4 is 17.5 Å². The summed E-state index contributed by atoms with van der Waals surface area (Å²) in [6.45, 7) is 4.35. The Morgan fingerprint density at radius 1 is 1.29 bits per heavy atom. The third kappa shape index (κ3) is 4.08. The van der Waals surface area contributed by atoms with Gasteiger partial charge >= 0.3 is 0 Å². The van der Waals surface area contributed by atoms with Gasteiger partial charge in [-0.15, -0.1) is 0 Å². The number of hydrogen-bond acceptors (Lipinski definition) is 3. The van der Waals surface area contributed by atoms with E-state index in [4.69, 9.17) is 16.1 Å². The Morgan fingerprint density at radius 3 is 2.52 bits per heavy atom. The molecular weight excluding hydrogens is 288 g/mol. The number of carbonyl (C=O) groups is 1. The fourth-order valence-corrected chi connectivity index (χ4v) is 2.36. The van der Waals surface area contributed by atoms with E-state index in [1.165, 1.54) is 0 Å². The van der Waals surface area contributed by atoms with Crippen molar-refractivity contribution in [3.63, 3.8) is 0 Å². The summed E-state index contributed by atoms with van der Waals surface area (Å²) < 4.78 is 5.11. The maximum absolute atomic E-state index is 12.2. The first kappa shape index (κ1) is 15.6. The number of nitrogens with zero attached hydrogens (tertiary/aromatic N) is 2. The van der Waals surface area contributed by atoms with E-state index in [1.807, 2.05) is 45.2 Å². The monoisotopic (exact) mass is 306 g/mol. The predicted octanol–water partition coefficient (Wildman–Crippen LogP) is 3.54. The Hall–Kier alpha value is -1.81. The van der Waals surface area contributed by atoms with Crippen molar-refractivity contribution in [2.45, 2.75) is 33.2 Å². The molecule has 0 aliphatic rings. The highest BCUT2D eigenvalue weighted by Crippen LogP contribution is 2.16. The molecule has 1 heterocycles. The molecule has 1 amide bonds. The highest BCUT2D eigenvalue weighted by atomic mass is 35.5. The van der Waals surface area contributed by atoms with Crippen molar-refractivity contribution in [2.24, 2.45) is 0 Å². The minimum atomic E-state index is 0.102. The number of amides is 1. The van der Waals surface area contributed by atoms with Crippen LogP contribution < -0.4 is 0 Å². The molecular formula is C16H19ClN2O2. The quantitative estimate of drug-likeness (QED) is 0.849. The third-order valence-electron chi connectivity index (χ3n) is 3.53. The molecule has 0 spiro atoms. The highest BCUT2D eigenvalue weighted by Gasteiger charge is 2.14. The number of hydrogen-bond donors (Lipinski definition) is 0. The van der Waals surface area contributed by atoms with E-state index in [-0.39, 0.29) is 5.91 Å². The number of aryl methyl sites for hydroxylation is 2. The predicted molar refractivity (Wildman–Crippen MR) is 82.2 cm³/mol. The number of rotatable bonds is 5. The maximum atomic E-state index is 12.2. The Bertz CT molecular complexity index is 600. The summed E-state index contributed by atoms with van der Waals surface area (Å²) in [5.41, 5.74) is 2.96. The first-order valence-electron chi connectivity index (χ1n) is 6.87. The van der Waals surface area contributed by atoms with Crippen LogP contribution >= 0.6 is 11.6 Å². The van der Waals surface area contributed by atoms with Crippen LogP contribution in [0, 0.1) is 13.8 Å². The summed E-state index contributed by atoms with van der Waals surface area (Å²) in [5, 5.41) is 4.60. The Labute approximate surface area is 129 Å². The molecule has 2 rings (SSSR count). The second-order valence-corrected chi connectivity index (χ2v) is 5.62. The topological polar surface area (TPSA) is 46.3 Å². The molecule has 0 fully saturated rings.